The predicted molar refractivity (Wildman–Crippen MR) is 155 cm³/mol. The smallest absolute Gasteiger partial charge is 0.398 e. The van der Waals surface area contributed by atoms with E-state index in [0.717, 1.165) is 0 Å². The van der Waals surface area contributed by atoms with Crippen molar-refractivity contribution < 1.29 is 61.0 Å². The summed E-state index contributed by atoms with van der Waals surface area (Å²) in [7, 11) is -8.20. The highest BCUT2D eigenvalue weighted by Crippen LogP contribution is 2.41. The van der Waals surface area contributed by atoms with Crippen LogP contribution in [0.1, 0.15) is 69.4 Å². The second-order valence-corrected chi connectivity index (χ2v) is 13.6. The van der Waals surface area contributed by atoms with Crippen molar-refractivity contribution in [2.75, 3.05) is 31.3 Å². The van der Waals surface area contributed by atoms with Crippen molar-refractivity contribution in [3.63, 3.8) is 0 Å². The van der Waals surface area contributed by atoms with Gasteiger partial charge in [0, 0.05) is 6.42 Å². The highest BCUT2D eigenvalue weighted by molar-refractivity contribution is 7.86. The van der Waals surface area contributed by atoms with E-state index in [1.54, 1.807) is 13.8 Å². The molecule has 0 saturated carbocycles. The van der Waals surface area contributed by atoms with Gasteiger partial charge in [0.2, 0.25) is 0 Å². The summed E-state index contributed by atoms with van der Waals surface area (Å²) in [6, 6.07) is 10.0. The third-order valence-electron chi connectivity index (χ3n) is 6.46. The molecule has 0 bridgehead atoms. The molecule has 3 unspecified atom stereocenters. The monoisotopic (exact) mass is 692 g/mol. The van der Waals surface area contributed by atoms with Crippen molar-refractivity contribution in [2.45, 2.75) is 76.7 Å². The van der Waals surface area contributed by atoms with Gasteiger partial charge in [-0.15, -0.1) is 0 Å². The van der Waals surface area contributed by atoms with Gasteiger partial charge in [0.15, 0.2) is 0 Å². The molecule has 0 spiro atoms. The first-order valence-corrected chi connectivity index (χ1v) is 17.4. The predicted octanol–water partition coefficient (Wildman–Crippen LogP) is 7.12. The van der Waals surface area contributed by atoms with E-state index in [1.165, 1.54) is 55.5 Å². The molecule has 3 atom stereocenters. The number of hydrogen-bond acceptors (Lipinski definition) is 8. The Kier molecular flexibility index (Phi) is 14.5. The van der Waals surface area contributed by atoms with E-state index in [2.05, 4.69) is 4.18 Å². The molecule has 16 heteroatoms. The van der Waals surface area contributed by atoms with Gasteiger partial charge < -0.3 is 9.47 Å². The molecule has 0 aliphatic carbocycles. The Morgan fingerprint density at radius 2 is 1.13 bits per heavy atom. The molecule has 0 N–H and O–H groups in total. The van der Waals surface area contributed by atoms with Crippen LogP contribution in [-0.4, -0.2) is 66.6 Å². The number of ether oxygens (including phenoxy) is 2. The zero-order chi connectivity index (χ0) is 33.9. The van der Waals surface area contributed by atoms with Crippen LogP contribution in [0.2, 0.25) is 0 Å². The third kappa shape index (κ3) is 13.0. The molecule has 0 aliphatic heterocycles. The molecule has 8 nitrogen and oxygen atoms in total. The average Bonchev–Trinajstić information content (AvgIpc) is 2.92. The molecule has 0 aromatic heterocycles. The maximum atomic E-state index is 14.0. The molecule has 2 aromatic carbocycles. The quantitative estimate of drug-likeness (QED) is 0.0872. The number of hydrogen-bond donors (Lipinski definition) is 0. The van der Waals surface area contributed by atoms with Crippen LogP contribution in [0.15, 0.2) is 48.5 Å². The SMILES string of the molecule is CCCS(=O)(=O)OCC(c1ccc(OCCCOc2ccc(C(C(CC)OS(=O)(=O)CCC)C(F)(F)F)cc2)cc1)C(F)(F)F. The van der Waals surface area contributed by atoms with Crippen LogP contribution in [-0.2, 0) is 28.6 Å². The van der Waals surface area contributed by atoms with E-state index in [1.807, 2.05) is 0 Å². The number of benzene rings is 2. The lowest BCUT2D eigenvalue weighted by Gasteiger charge is -2.28. The van der Waals surface area contributed by atoms with Gasteiger partial charge >= 0.3 is 12.4 Å². The normalized spacial score (nSPS) is 15.0. The van der Waals surface area contributed by atoms with Crippen LogP contribution >= 0.6 is 0 Å². The number of rotatable bonds is 19. The van der Waals surface area contributed by atoms with Crippen molar-refractivity contribution in [3.8, 4) is 11.5 Å². The van der Waals surface area contributed by atoms with E-state index in [0.29, 0.717) is 6.42 Å². The number of halogens is 6. The Hall–Kier alpha value is -2.56. The standard InChI is InChI=1S/C29H38F6O8S2/c1-4-18-44(36,37)42-20-25(28(30,31)32)21-8-12-23(13-9-21)40-16-7-17-41-24-14-10-22(11-15-24)27(29(33,34)35)26(6-3)43-45(38,39)19-5-2/h8-15,25-27H,4-7,16-20H2,1-3H3. The summed E-state index contributed by atoms with van der Waals surface area (Å²) in [4.78, 5) is 0. The summed E-state index contributed by atoms with van der Waals surface area (Å²) in [6.07, 6.45) is -10.6. The van der Waals surface area contributed by atoms with Crippen molar-refractivity contribution in [1.29, 1.82) is 0 Å². The Bertz CT molecular complexity index is 1380. The minimum atomic E-state index is -4.77. The Morgan fingerprint density at radius 1 is 0.667 bits per heavy atom. The van der Waals surface area contributed by atoms with E-state index in [4.69, 9.17) is 13.7 Å². The third-order valence-corrected chi connectivity index (χ3v) is 9.31. The minimum absolute atomic E-state index is 0.107. The molecule has 0 amide bonds. The second kappa shape index (κ2) is 16.8. The Balaban J connectivity index is 1.93. The molecular formula is C29H38F6O8S2. The van der Waals surface area contributed by atoms with Gasteiger partial charge in [-0.2, -0.15) is 43.2 Å². The molecule has 256 valence electrons. The highest BCUT2D eigenvalue weighted by atomic mass is 32.2. The van der Waals surface area contributed by atoms with Crippen LogP contribution < -0.4 is 9.47 Å². The zero-order valence-electron chi connectivity index (χ0n) is 25.1. The van der Waals surface area contributed by atoms with Crippen molar-refractivity contribution in [1.82, 2.24) is 0 Å². The molecule has 0 radical (unpaired) electrons. The first-order valence-electron chi connectivity index (χ1n) is 14.3. The largest absolute Gasteiger partial charge is 0.493 e. The molecule has 0 aliphatic rings. The van der Waals surface area contributed by atoms with Crippen molar-refractivity contribution in [2.24, 2.45) is 0 Å². The van der Waals surface area contributed by atoms with E-state index >= 15 is 0 Å². The van der Waals surface area contributed by atoms with Crippen LogP contribution in [0, 0.1) is 0 Å². The number of alkyl halides is 6. The summed E-state index contributed by atoms with van der Waals surface area (Å²) in [5, 5.41) is 0. The van der Waals surface area contributed by atoms with Crippen molar-refractivity contribution >= 4 is 20.2 Å². The summed E-state index contributed by atoms with van der Waals surface area (Å²) < 4.78 is 151. The maximum Gasteiger partial charge on any atom is 0.398 e. The lowest BCUT2D eigenvalue weighted by atomic mass is 9.91. The molecule has 0 heterocycles. The van der Waals surface area contributed by atoms with Gasteiger partial charge in [-0.1, -0.05) is 45.0 Å². The van der Waals surface area contributed by atoms with E-state index < -0.39 is 62.9 Å². The fourth-order valence-electron chi connectivity index (χ4n) is 4.33. The maximum absolute atomic E-state index is 14.0. The highest BCUT2D eigenvalue weighted by Gasteiger charge is 2.47. The van der Waals surface area contributed by atoms with Crippen LogP contribution in [0.5, 0.6) is 11.5 Å². The van der Waals surface area contributed by atoms with Gasteiger partial charge in [-0.3, -0.25) is 8.37 Å². The summed E-state index contributed by atoms with van der Waals surface area (Å²) in [6.45, 7) is 3.69. The zero-order valence-corrected chi connectivity index (χ0v) is 26.7. The van der Waals surface area contributed by atoms with Gasteiger partial charge in [0.25, 0.3) is 20.2 Å². The topological polar surface area (TPSA) is 105 Å². The van der Waals surface area contributed by atoms with Gasteiger partial charge in [0.05, 0.1) is 37.4 Å². The molecular weight excluding hydrogens is 654 g/mol. The van der Waals surface area contributed by atoms with E-state index in [-0.39, 0.29) is 60.9 Å². The first-order chi connectivity index (χ1) is 20.9. The van der Waals surface area contributed by atoms with Crippen molar-refractivity contribution in [3.05, 3.63) is 59.7 Å². The van der Waals surface area contributed by atoms with Gasteiger partial charge in [0.1, 0.15) is 23.3 Å². The first kappa shape index (κ1) is 38.6. The second-order valence-electron chi connectivity index (χ2n) is 10.2. The molecule has 2 aromatic rings. The Labute approximate surface area is 260 Å². The molecule has 2 rings (SSSR count). The summed E-state index contributed by atoms with van der Waals surface area (Å²) >= 11 is 0. The molecule has 0 saturated heterocycles. The Morgan fingerprint density at radius 3 is 1.56 bits per heavy atom. The lowest BCUT2D eigenvalue weighted by molar-refractivity contribution is -0.169. The summed E-state index contributed by atoms with van der Waals surface area (Å²) in [5.41, 5.74) is -0.373. The lowest BCUT2D eigenvalue weighted by Crippen LogP contribution is -2.35. The van der Waals surface area contributed by atoms with Gasteiger partial charge in [-0.05, 0) is 54.7 Å². The van der Waals surface area contributed by atoms with Gasteiger partial charge in [-0.25, -0.2) is 0 Å². The van der Waals surface area contributed by atoms with Crippen LogP contribution in [0.3, 0.4) is 0 Å². The molecule has 45 heavy (non-hydrogen) atoms. The average molecular weight is 693 g/mol. The fourth-order valence-corrected chi connectivity index (χ4v) is 6.51. The van der Waals surface area contributed by atoms with E-state index in [9.17, 15) is 43.2 Å². The summed E-state index contributed by atoms with van der Waals surface area (Å²) in [5.74, 6) is -4.58. The molecule has 0 fully saturated rings. The van der Waals surface area contributed by atoms with Crippen LogP contribution in [0.25, 0.3) is 0 Å². The fraction of sp³-hybridized carbons (Fsp3) is 0.586. The van der Waals surface area contributed by atoms with Crippen LogP contribution in [0.4, 0.5) is 26.3 Å². The minimum Gasteiger partial charge on any atom is -0.493 e.